The molecule has 0 N–H and O–H groups in total. The Bertz CT molecular complexity index is 95.6. The third kappa shape index (κ3) is 4.92. The van der Waals surface area contributed by atoms with Crippen LogP contribution in [0.25, 0.3) is 0 Å². The second-order valence-electron chi connectivity index (χ2n) is 3.12. The Morgan fingerprint density at radius 2 is 1.42 bits per heavy atom. The third-order valence-corrected chi connectivity index (χ3v) is 8.74. The van der Waals surface area contributed by atoms with Crippen molar-refractivity contribution in [3.63, 3.8) is 0 Å². The zero-order valence-electron chi connectivity index (χ0n) is 7.95. The fraction of sp³-hybridized carbons (Fsp3) is 1.00. The van der Waals surface area contributed by atoms with Crippen LogP contribution in [0.5, 0.6) is 0 Å². The standard InChI is InChI=1S/C8H18As2O2/c1-9-5-3-7-11-10(2)12-8-4-6-9/h3-8H2,1-2H3. The first kappa shape index (κ1) is 11.1. The van der Waals surface area contributed by atoms with Crippen LogP contribution in [0.2, 0.25) is 21.8 Å². The van der Waals surface area contributed by atoms with Gasteiger partial charge < -0.3 is 0 Å². The van der Waals surface area contributed by atoms with Gasteiger partial charge >= 0.3 is 85.3 Å². The molecule has 4 heteroatoms. The summed E-state index contributed by atoms with van der Waals surface area (Å²) in [7, 11) is 0. The molecule has 0 aromatic rings. The summed E-state index contributed by atoms with van der Waals surface area (Å²) < 4.78 is 11.2. The predicted octanol–water partition coefficient (Wildman–Crippen LogP) is 2.06. The number of hydrogen-bond donors (Lipinski definition) is 0. The van der Waals surface area contributed by atoms with Gasteiger partial charge in [0.15, 0.2) is 0 Å². The molecule has 2 nitrogen and oxygen atoms in total. The Hall–Kier alpha value is 1.04. The van der Waals surface area contributed by atoms with Gasteiger partial charge in [-0.1, -0.05) is 0 Å². The molecule has 0 unspecified atom stereocenters. The Morgan fingerprint density at radius 1 is 0.917 bits per heavy atom. The van der Waals surface area contributed by atoms with Crippen molar-refractivity contribution in [2.75, 3.05) is 13.2 Å². The van der Waals surface area contributed by atoms with E-state index in [1.165, 1.54) is 23.3 Å². The molecule has 0 aromatic carbocycles. The third-order valence-electron chi connectivity index (χ3n) is 1.91. The summed E-state index contributed by atoms with van der Waals surface area (Å²) in [6.45, 7) is 1.91. The van der Waals surface area contributed by atoms with E-state index in [2.05, 4.69) is 11.4 Å². The quantitative estimate of drug-likeness (QED) is 0.637. The van der Waals surface area contributed by atoms with Crippen LogP contribution in [0.15, 0.2) is 0 Å². The molecule has 0 aromatic heterocycles. The maximum absolute atomic E-state index is 5.61. The summed E-state index contributed by atoms with van der Waals surface area (Å²) in [4.78, 5) is 0. The topological polar surface area (TPSA) is 18.5 Å². The minimum absolute atomic E-state index is 0.443. The summed E-state index contributed by atoms with van der Waals surface area (Å²) >= 11 is -1.73. The van der Waals surface area contributed by atoms with E-state index in [4.69, 9.17) is 7.45 Å². The van der Waals surface area contributed by atoms with Gasteiger partial charge in [0.2, 0.25) is 0 Å². The van der Waals surface area contributed by atoms with Crippen LogP contribution in [0.4, 0.5) is 0 Å². The van der Waals surface area contributed by atoms with Crippen LogP contribution in [0.1, 0.15) is 12.8 Å². The van der Waals surface area contributed by atoms with Gasteiger partial charge in [-0.2, -0.15) is 0 Å². The summed E-state index contributed by atoms with van der Waals surface area (Å²) in [5.41, 5.74) is 4.60. The number of hydrogen-bond acceptors (Lipinski definition) is 2. The Morgan fingerprint density at radius 3 is 1.92 bits per heavy atom. The van der Waals surface area contributed by atoms with Crippen LogP contribution < -0.4 is 0 Å². The predicted molar refractivity (Wildman–Crippen MR) is 54.0 cm³/mol. The van der Waals surface area contributed by atoms with Gasteiger partial charge in [0, 0.05) is 0 Å². The molecular formula is C8H18As2O2. The normalized spacial score (nSPS) is 34.5. The molecule has 0 spiro atoms. The van der Waals surface area contributed by atoms with E-state index < -0.39 is 30.0 Å². The van der Waals surface area contributed by atoms with Gasteiger partial charge in [-0.25, -0.2) is 0 Å². The second-order valence-corrected chi connectivity index (χ2v) is 11.5. The Balaban J connectivity index is 2.20. The van der Waals surface area contributed by atoms with Crippen molar-refractivity contribution in [2.24, 2.45) is 0 Å². The summed E-state index contributed by atoms with van der Waals surface area (Å²) in [6, 6.07) is 0. The van der Waals surface area contributed by atoms with Crippen molar-refractivity contribution in [3.8, 4) is 0 Å². The van der Waals surface area contributed by atoms with Crippen LogP contribution in [0, 0.1) is 0 Å². The summed E-state index contributed by atoms with van der Waals surface area (Å²) in [6.07, 6.45) is 2.55. The van der Waals surface area contributed by atoms with E-state index in [1.807, 2.05) is 0 Å². The molecule has 0 saturated carbocycles. The molecule has 12 heavy (non-hydrogen) atoms. The van der Waals surface area contributed by atoms with Crippen molar-refractivity contribution in [1.82, 2.24) is 0 Å². The molecule has 0 bridgehead atoms. The number of rotatable bonds is 0. The van der Waals surface area contributed by atoms with Gasteiger partial charge in [0.1, 0.15) is 0 Å². The first-order valence-electron chi connectivity index (χ1n) is 4.47. The van der Waals surface area contributed by atoms with Crippen LogP contribution in [-0.4, -0.2) is 43.2 Å². The molecule has 0 radical (unpaired) electrons. The SMILES string of the molecule is C[As]1CCCO[As](C)OCCC1. The molecule has 1 aliphatic rings. The first-order chi connectivity index (χ1) is 5.79. The Labute approximate surface area is 85.2 Å². The molecule has 1 aliphatic heterocycles. The monoisotopic (exact) mass is 296 g/mol. The van der Waals surface area contributed by atoms with E-state index in [0.29, 0.717) is 0 Å². The fourth-order valence-corrected chi connectivity index (χ4v) is 6.26. The van der Waals surface area contributed by atoms with Gasteiger partial charge in [-0.05, 0) is 0 Å². The second kappa shape index (κ2) is 6.48. The van der Waals surface area contributed by atoms with Crippen molar-refractivity contribution >= 4 is 30.0 Å². The summed E-state index contributed by atoms with van der Waals surface area (Å²) in [5.74, 6) is 0. The van der Waals surface area contributed by atoms with Gasteiger partial charge in [-0.15, -0.1) is 0 Å². The maximum atomic E-state index is 5.61. The summed E-state index contributed by atoms with van der Waals surface area (Å²) in [5, 5.41) is 2.94. The molecule has 1 heterocycles. The van der Waals surface area contributed by atoms with Crippen molar-refractivity contribution < 1.29 is 7.45 Å². The molecule has 0 amide bonds. The zero-order chi connectivity index (χ0) is 8.81. The molecular weight excluding hydrogens is 278 g/mol. The van der Waals surface area contributed by atoms with Gasteiger partial charge in [-0.3, -0.25) is 0 Å². The minimum atomic E-state index is -1.28. The van der Waals surface area contributed by atoms with Gasteiger partial charge in [0.25, 0.3) is 0 Å². The first-order valence-corrected chi connectivity index (χ1v) is 12.4. The molecule has 0 atom stereocenters. The molecule has 1 rings (SSSR count). The fourth-order valence-electron chi connectivity index (χ4n) is 1.20. The zero-order valence-corrected chi connectivity index (χ0v) is 11.7. The molecule has 1 fully saturated rings. The van der Waals surface area contributed by atoms with Crippen LogP contribution in [0.3, 0.4) is 0 Å². The van der Waals surface area contributed by atoms with E-state index in [-0.39, 0.29) is 0 Å². The van der Waals surface area contributed by atoms with Gasteiger partial charge in [0.05, 0.1) is 0 Å². The molecule has 1 saturated heterocycles. The van der Waals surface area contributed by atoms with Crippen molar-refractivity contribution in [3.05, 3.63) is 0 Å². The average molecular weight is 296 g/mol. The van der Waals surface area contributed by atoms with E-state index in [9.17, 15) is 0 Å². The van der Waals surface area contributed by atoms with Crippen LogP contribution in [-0.2, 0) is 7.45 Å². The molecule has 72 valence electrons. The average Bonchev–Trinajstić information content (AvgIpc) is 2.06. The molecule has 0 aliphatic carbocycles. The van der Waals surface area contributed by atoms with E-state index in [1.54, 1.807) is 0 Å². The van der Waals surface area contributed by atoms with Crippen molar-refractivity contribution in [2.45, 2.75) is 34.7 Å². The van der Waals surface area contributed by atoms with Crippen molar-refractivity contribution in [1.29, 1.82) is 0 Å². The van der Waals surface area contributed by atoms with E-state index in [0.717, 1.165) is 13.2 Å². The van der Waals surface area contributed by atoms with Crippen LogP contribution >= 0.6 is 0 Å². The Kier molecular flexibility index (Phi) is 6.01. The van der Waals surface area contributed by atoms with E-state index >= 15 is 0 Å².